The Morgan fingerprint density at radius 1 is 1.06 bits per heavy atom. The number of amides is 1. The number of methoxy groups -OCH3 is 1. The summed E-state index contributed by atoms with van der Waals surface area (Å²) in [6, 6.07) is 14.6. The lowest BCUT2D eigenvalue weighted by Crippen LogP contribution is -2.50. The topological polar surface area (TPSA) is 82.9 Å². The third-order valence-corrected chi connectivity index (χ3v) is 5.75. The van der Waals surface area contributed by atoms with Crippen molar-refractivity contribution >= 4 is 28.9 Å². The maximum Gasteiger partial charge on any atom is 0.321 e. The minimum absolute atomic E-state index is 0.194. The van der Waals surface area contributed by atoms with E-state index in [2.05, 4.69) is 0 Å². The third kappa shape index (κ3) is 4.30. The standard InChI is InChI=1S/C25H29N3O5/c1-4-32-18-13-11-17(12-14-18)22-21(24(30)33-5-2)23(29)27(15-8-16-31-3)25-26-19-9-6-7-10-20(19)28(22)25/h6-7,9-14,21-22H,4-5,8,15-16H2,1-3H3/t21-,22+/m1/s1. The third-order valence-electron chi connectivity index (χ3n) is 5.75. The number of esters is 1. The largest absolute Gasteiger partial charge is 0.494 e. The lowest BCUT2D eigenvalue weighted by molar-refractivity contribution is -0.153. The summed E-state index contributed by atoms with van der Waals surface area (Å²) in [5.74, 6) is -0.631. The van der Waals surface area contributed by atoms with Crippen LogP contribution in [0.3, 0.4) is 0 Å². The summed E-state index contributed by atoms with van der Waals surface area (Å²) >= 11 is 0. The molecule has 174 valence electrons. The molecular formula is C25H29N3O5. The molecule has 0 bridgehead atoms. The van der Waals surface area contributed by atoms with Crippen LogP contribution in [0.25, 0.3) is 11.0 Å². The SMILES string of the molecule is CCOC(=O)[C@H]1C(=O)N(CCCOC)c2nc3ccccc3n2[C@H]1c1ccc(OCC)cc1. The predicted octanol–water partition coefficient (Wildman–Crippen LogP) is 3.59. The molecule has 0 N–H and O–H groups in total. The van der Waals surface area contributed by atoms with Crippen LogP contribution in [0.15, 0.2) is 48.5 Å². The number of benzene rings is 2. The molecule has 0 spiro atoms. The summed E-state index contributed by atoms with van der Waals surface area (Å²) < 4.78 is 18.1. The van der Waals surface area contributed by atoms with Crippen LogP contribution in [-0.2, 0) is 19.1 Å². The number of rotatable bonds is 9. The maximum atomic E-state index is 13.7. The lowest BCUT2D eigenvalue weighted by Gasteiger charge is -2.38. The Hall–Kier alpha value is -3.39. The molecule has 3 aromatic rings. The van der Waals surface area contributed by atoms with Crippen LogP contribution in [0, 0.1) is 5.92 Å². The minimum Gasteiger partial charge on any atom is -0.494 e. The van der Waals surface area contributed by atoms with Crippen molar-refractivity contribution in [1.29, 1.82) is 0 Å². The van der Waals surface area contributed by atoms with E-state index in [1.807, 2.05) is 60.0 Å². The molecule has 0 unspecified atom stereocenters. The van der Waals surface area contributed by atoms with Gasteiger partial charge >= 0.3 is 5.97 Å². The van der Waals surface area contributed by atoms with E-state index < -0.39 is 17.9 Å². The van der Waals surface area contributed by atoms with Crippen molar-refractivity contribution < 1.29 is 23.8 Å². The highest BCUT2D eigenvalue weighted by molar-refractivity contribution is 6.08. The number of para-hydroxylation sites is 2. The molecule has 33 heavy (non-hydrogen) atoms. The molecule has 4 rings (SSSR count). The Bertz CT molecular complexity index is 1120. The van der Waals surface area contributed by atoms with Crippen molar-refractivity contribution in [2.24, 2.45) is 5.92 Å². The molecule has 0 saturated heterocycles. The van der Waals surface area contributed by atoms with Crippen LogP contribution in [0.5, 0.6) is 5.75 Å². The molecule has 2 aromatic carbocycles. The molecule has 2 heterocycles. The number of imidazole rings is 1. The Labute approximate surface area is 193 Å². The molecule has 0 aliphatic carbocycles. The fourth-order valence-electron chi connectivity index (χ4n) is 4.36. The average Bonchev–Trinajstić information content (AvgIpc) is 3.20. The summed E-state index contributed by atoms with van der Waals surface area (Å²) in [4.78, 5) is 33.3. The van der Waals surface area contributed by atoms with E-state index in [9.17, 15) is 9.59 Å². The minimum atomic E-state index is -1.03. The second-order valence-corrected chi connectivity index (χ2v) is 7.78. The first kappa shape index (κ1) is 22.8. The summed E-state index contributed by atoms with van der Waals surface area (Å²) in [6.45, 7) is 5.30. The van der Waals surface area contributed by atoms with Crippen molar-refractivity contribution in [2.45, 2.75) is 26.3 Å². The number of ether oxygens (including phenoxy) is 3. The highest BCUT2D eigenvalue weighted by Crippen LogP contribution is 2.41. The van der Waals surface area contributed by atoms with Crippen molar-refractivity contribution in [2.75, 3.05) is 38.4 Å². The van der Waals surface area contributed by atoms with E-state index >= 15 is 0 Å². The highest BCUT2D eigenvalue weighted by Gasteiger charge is 2.47. The number of anilines is 1. The van der Waals surface area contributed by atoms with Crippen LogP contribution in [0.4, 0.5) is 5.95 Å². The Morgan fingerprint density at radius 2 is 1.82 bits per heavy atom. The van der Waals surface area contributed by atoms with Gasteiger partial charge in [-0.3, -0.25) is 14.5 Å². The van der Waals surface area contributed by atoms with Gasteiger partial charge in [0.1, 0.15) is 5.75 Å². The molecule has 2 atom stereocenters. The first-order valence-electron chi connectivity index (χ1n) is 11.3. The van der Waals surface area contributed by atoms with Gasteiger partial charge in [0.05, 0.1) is 30.3 Å². The van der Waals surface area contributed by atoms with Gasteiger partial charge in [0.25, 0.3) is 0 Å². The van der Waals surface area contributed by atoms with Gasteiger partial charge < -0.3 is 18.8 Å². The zero-order valence-corrected chi connectivity index (χ0v) is 19.2. The van der Waals surface area contributed by atoms with E-state index in [4.69, 9.17) is 19.2 Å². The first-order valence-corrected chi connectivity index (χ1v) is 11.3. The van der Waals surface area contributed by atoms with Gasteiger partial charge in [-0.05, 0) is 50.1 Å². The normalized spacial score (nSPS) is 17.8. The van der Waals surface area contributed by atoms with Gasteiger partial charge in [0.15, 0.2) is 5.92 Å². The summed E-state index contributed by atoms with van der Waals surface area (Å²) in [6.07, 6.45) is 0.620. The number of carbonyl (C=O) groups excluding carboxylic acids is 2. The molecule has 8 nitrogen and oxygen atoms in total. The molecule has 0 fully saturated rings. The monoisotopic (exact) mass is 451 g/mol. The van der Waals surface area contributed by atoms with E-state index in [1.54, 1.807) is 18.9 Å². The quantitative estimate of drug-likeness (QED) is 0.281. The number of carbonyl (C=O) groups is 2. The Balaban J connectivity index is 1.89. The van der Waals surface area contributed by atoms with Crippen LogP contribution in [0.1, 0.15) is 31.9 Å². The maximum absolute atomic E-state index is 13.7. The van der Waals surface area contributed by atoms with Crippen LogP contribution < -0.4 is 9.64 Å². The molecule has 1 aliphatic rings. The highest BCUT2D eigenvalue weighted by atomic mass is 16.5. The summed E-state index contributed by atoms with van der Waals surface area (Å²) in [5.41, 5.74) is 2.42. The first-order chi connectivity index (χ1) is 16.1. The van der Waals surface area contributed by atoms with Crippen LogP contribution in [-0.4, -0.2) is 54.9 Å². The van der Waals surface area contributed by atoms with Crippen molar-refractivity contribution in [3.05, 3.63) is 54.1 Å². The number of fused-ring (bicyclic) bond motifs is 3. The number of hydrogen-bond donors (Lipinski definition) is 0. The van der Waals surface area contributed by atoms with Gasteiger partial charge in [-0.2, -0.15) is 0 Å². The zero-order chi connectivity index (χ0) is 23.4. The Kier molecular flexibility index (Phi) is 6.93. The molecule has 1 amide bonds. The van der Waals surface area contributed by atoms with Crippen molar-refractivity contribution in [3.63, 3.8) is 0 Å². The zero-order valence-electron chi connectivity index (χ0n) is 19.2. The smallest absolute Gasteiger partial charge is 0.321 e. The molecule has 0 saturated carbocycles. The number of aromatic nitrogens is 2. The van der Waals surface area contributed by atoms with Gasteiger partial charge in [0.2, 0.25) is 11.9 Å². The van der Waals surface area contributed by atoms with Gasteiger partial charge in [-0.1, -0.05) is 24.3 Å². The second kappa shape index (κ2) is 10.0. The molecule has 1 aliphatic heterocycles. The van der Waals surface area contributed by atoms with E-state index in [0.29, 0.717) is 32.1 Å². The van der Waals surface area contributed by atoms with Crippen molar-refractivity contribution in [1.82, 2.24) is 9.55 Å². The van der Waals surface area contributed by atoms with Gasteiger partial charge in [-0.25, -0.2) is 4.98 Å². The number of hydrogen-bond acceptors (Lipinski definition) is 6. The summed E-state index contributed by atoms with van der Waals surface area (Å²) in [5, 5.41) is 0. The van der Waals surface area contributed by atoms with E-state index in [1.165, 1.54) is 0 Å². The van der Waals surface area contributed by atoms with E-state index in [0.717, 1.165) is 22.3 Å². The molecular weight excluding hydrogens is 422 g/mol. The van der Waals surface area contributed by atoms with Crippen LogP contribution >= 0.6 is 0 Å². The molecule has 1 aromatic heterocycles. The van der Waals surface area contributed by atoms with Gasteiger partial charge in [0, 0.05) is 20.3 Å². The molecule has 8 heteroatoms. The molecule has 0 radical (unpaired) electrons. The average molecular weight is 452 g/mol. The lowest BCUT2D eigenvalue weighted by atomic mass is 9.89. The van der Waals surface area contributed by atoms with Crippen molar-refractivity contribution in [3.8, 4) is 5.75 Å². The predicted molar refractivity (Wildman–Crippen MR) is 124 cm³/mol. The second-order valence-electron chi connectivity index (χ2n) is 7.78. The summed E-state index contributed by atoms with van der Waals surface area (Å²) in [7, 11) is 1.62. The fraction of sp³-hybridized carbons (Fsp3) is 0.400. The Morgan fingerprint density at radius 3 is 2.52 bits per heavy atom. The number of nitrogens with zero attached hydrogens (tertiary/aromatic N) is 3. The van der Waals surface area contributed by atoms with E-state index in [-0.39, 0.29) is 12.5 Å². The fourth-order valence-corrected chi connectivity index (χ4v) is 4.36. The van der Waals surface area contributed by atoms with Crippen LogP contribution in [0.2, 0.25) is 0 Å². The van der Waals surface area contributed by atoms with Gasteiger partial charge in [-0.15, -0.1) is 0 Å².